The van der Waals surface area contributed by atoms with Gasteiger partial charge in [-0.2, -0.15) is 0 Å². The summed E-state index contributed by atoms with van der Waals surface area (Å²) in [6.07, 6.45) is 2.52. The molecule has 2 unspecified atom stereocenters. The lowest BCUT2D eigenvalue weighted by Gasteiger charge is -2.20. The van der Waals surface area contributed by atoms with Crippen molar-refractivity contribution in [1.29, 1.82) is 0 Å². The lowest BCUT2D eigenvalue weighted by Crippen LogP contribution is -2.33. The standard InChI is InChI=1S/C14H22ClNO2S/c1-3-4-10-14(19(17,18)12(2)15)11-16-13-8-6-5-7-9-13/h5-9,12,14,16H,3-4,10-11H2,1-2H3. The molecule has 19 heavy (non-hydrogen) atoms. The number of sulfone groups is 1. The second-order valence-electron chi connectivity index (χ2n) is 4.64. The van der Waals surface area contributed by atoms with Crippen molar-refractivity contribution in [2.75, 3.05) is 11.9 Å². The monoisotopic (exact) mass is 303 g/mol. The molecule has 3 nitrogen and oxygen atoms in total. The molecule has 0 aliphatic heterocycles. The molecule has 0 bridgehead atoms. The summed E-state index contributed by atoms with van der Waals surface area (Å²) in [7, 11) is -3.28. The van der Waals surface area contributed by atoms with Gasteiger partial charge in [0.1, 0.15) is 4.71 Å². The maximum atomic E-state index is 12.2. The molecule has 0 spiro atoms. The van der Waals surface area contributed by atoms with Crippen molar-refractivity contribution in [2.45, 2.75) is 43.1 Å². The zero-order valence-electron chi connectivity index (χ0n) is 11.5. The van der Waals surface area contributed by atoms with Gasteiger partial charge in [0, 0.05) is 12.2 Å². The van der Waals surface area contributed by atoms with Gasteiger partial charge in [-0.1, -0.05) is 38.0 Å². The molecule has 0 saturated carbocycles. The molecule has 2 atom stereocenters. The van der Waals surface area contributed by atoms with Gasteiger partial charge >= 0.3 is 0 Å². The summed E-state index contributed by atoms with van der Waals surface area (Å²) in [6.45, 7) is 3.99. The van der Waals surface area contributed by atoms with E-state index in [2.05, 4.69) is 12.2 Å². The molecule has 1 rings (SSSR count). The van der Waals surface area contributed by atoms with E-state index in [0.717, 1.165) is 18.5 Å². The minimum absolute atomic E-state index is 0.406. The molecular weight excluding hydrogens is 282 g/mol. The molecule has 0 aliphatic rings. The van der Waals surface area contributed by atoms with Gasteiger partial charge in [0.05, 0.1) is 5.25 Å². The van der Waals surface area contributed by atoms with Crippen molar-refractivity contribution in [3.8, 4) is 0 Å². The quantitative estimate of drug-likeness (QED) is 0.746. The first-order valence-corrected chi connectivity index (χ1v) is 8.68. The molecule has 0 radical (unpaired) electrons. The summed E-state index contributed by atoms with van der Waals surface area (Å²) >= 11 is 5.81. The number of unbranched alkanes of at least 4 members (excludes halogenated alkanes) is 1. The summed E-state index contributed by atoms with van der Waals surface area (Å²) < 4.78 is 23.5. The number of rotatable bonds is 8. The van der Waals surface area contributed by atoms with Crippen LogP contribution >= 0.6 is 11.6 Å². The minimum atomic E-state index is -3.28. The van der Waals surface area contributed by atoms with Gasteiger partial charge in [-0.15, -0.1) is 11.6 Å². The Bertz CT molecular complexity index is 460. The molecule has 5 heteroatoms. The molecule has 108 valence electrons. The maximum Gasteiger partial charge on any atom is 0.171 e. The molecular formula is C14H22ClNO2S. The number of benzene rings is 1. The van der Waals surface area contributed by atoms with Crippen LogP contribution in [-0.2, 0) is 9.84 Å². The minimum Gasteiger partial charge on any atom is -0.384 e. The second-order valence-corrected chi connectivity index (χ2v) is 8.11. The van der Waals surface area contributed by atoms with Crippen LogP contribution in [0.3, 0.4) is 0 Å². The van der Waals surface area contributed by atoms with E-state index in [0.29, 0.717) is 13.0 Å². The first-order valence-electron chi connectivity index (χ1n) is 6.64. The van der Waals surface area contributed by atoms with Crippen LogP contribution in [0.1, 0.15) is 33.1 Å². The van der Waals surface area contributed by atoms with Gasteiger partial charge in [0.2, 0.25) is 0 Å². The Kier molecular flexibility index (Phi) is 6.66. The summed E-state index contributed by atoms with van der Waals surface area (Å²) in [5.41, 5.74) is 0.932. The second kappa shape index (κ2) is 7.75. The van der Waals surface area contributed by atoms with Crippen LogP contribution < -0.4 is 5.32 Å². The van der Waals surface area contributed by atoms with Crippen LogP contribution in [0.4, 0.5) is 5.69 Å². The third kappa shape index (κ3) is 5.03. The number of nitrogens with one attached hydrogen (secondary N) is 1. The first kappa shape index (κ1) is 16.3. The molecule has 0 aliphatic carbocycles. The fourth-order valence-electron chi connectivity index (χ4n) is 1.87. The smallest absolute Gasteiger partial charge is 0.171 e. The average Bonchev–Trinajstić information content (AvgIpc) is 2.39. The topological polar surface area (TPSA) is 46.2 Å². The van der Waals surface area contributed by atoms with Crippen molar-refractivity contribution in [3.63, 3.8) is 0 Å². The number of para-hydroxylation sites is 1. The fraction of sp³-hybridized carbons (Fsp3) is 0.571. The summed E-state index contributed by atoms with van der Waals surface area (Å²) in [4.78, 5) is 0. The van der Waals surface area contributed by atoms with Gasteiger partial charge in [-0.05, 0) is 25.5 Å². The highest BCUT2D eigenvalue weighted by Crippen LogP contribution is 2.19. The number of hydrogen-bond donors (Lipinski definition) is 1. The van der Waals surface area contributed by atoms with Crippen LogP contribution in [0, 0.1) is 0 Å². The number of anilines is 1. The van der Waals surface area contributed by atoms with E-state index in [4.69, 9.17) is 11.6 Å². The largest absolute Gasteiger partial charge is 0.384 e. The zero-order chi connectivity index (χ0) is 14.3. The van der Waals surface area contributed by atoms with E-state index in [1.165, 1.54) is 6.92 Å². The van der Waals surface area contributed by atoms with Crippen molar-refractivity contribution in [2.24, 2.45) is 0 Å². The molecule has 0 fully saturated rings. The lowest BCUT2D eigenvalue weighted by molar-refractivity contribution is 0.565. The van der Waals surface area contributed by atoms with Crippen molar-refractivity contribution < 1.29 is 8.42 Å². The van der Waals surface area contributed by atoms with Crippen molar-refractivity contribution in [3.05, 3.63) is 30.3 Å². The van der Waals surface area contributed by atoms with E-state index in [1.54, 1.807) is 0 Å². The van der Waals surface area contributed by atoms with Gasteiger partial charge in [-0.3, -0.25) is 0 Å². The summed E-state index contributed by atoms with van der Waals surface area (Å²) in [5, 5.41) is 2.75. The fourth-order valence-corrected chi connectivity index (χ4v) is 3.64. The van der Waals surface area contributed by atoms with Gasteiger partial charge in [-0.25, -0.2) is 8.42 Å². The van der Waals surface area contributed by atoms with Crippen LogP contribution in [0.15, 0.2) is 30.3 Å². The summed E-state index contributed by atoms with van der Waals surface area (Å²) in [6, 6.07) is 9.61. The number of alkyl halides is 1. The third-order valence-corrected chi connectivity index (χ3v) is 6.09. The Labute approximate surface area is 121 Å². The van der Waals surface area contributed by atoms with Gasteiger partial charge in [0.25, 0.3) is 0 Å². The highest BCUT2D eigenvalue weighted by Gasteiger charge is 2.29. The Morgan fingerprint density at radius 3 is 2.42 bits per heavy atom. The van der Waals surface area contributed by atoms with Gasteiger partial charge in [0.15, 0.2) is 9.84 Å². The molecule has 1 aromatic rings. The number of hydrogen-bond acceptors (Lipinski definition) is 3. The molecule has 1 aromatic carbocycles. The van der Waals surface area contributed by atoms with Crippen LogP contribution in [0.5, 0.6) is 0 Å². The predicted molar refractivity (Wildman–Crippen MR) is 82.5 cm³/mol. The van der Waals surface area contributed by atoms with E-state index in [-0.39, 0.29) is 0 Å². The van der Waals surface area contributed by atoms with Crippen molar-refractivity contribution >= 4 is 27.1 Å². The lowest BCUT2D eigenvalue weighted by atomic mass is 10.2. The van der Waals surface area contributed by atoms with Crippen LogP contribution in [0.25, 0.3) is 0 Å². The van der Waals surface area contributed by atoms with E-state index in [1.807, 2.05) is 30.3 Å². The molecule has 0 aromatic heterocycles. The first-order chi connectivity index (χ1) is 8.98. The molecule has 0 heterocycles. The highest BCUT2D eigenvalue weighted by atomic mass is 35.5. The Balaban J connectivity index is 2.70. The zero-order valence-corrected chi connectivity index (χ0v) is 13.0. The normalized spacial score (nSPS) is 14.9. The molecule has 0 saturated heterocycles. The predicted octanol–water partition coefficient (Wildman–Crippen LogP) is 3.66. The molecule has 1 N–H and O–H groups in total. The average molecular weight is 304 g/mol. The van der Waals surface area contributed by atoms with Gasteiger partial charge < -0.3 is 5.32 Å². The Morgan fingerprint density at radius 1 is 1.26 bits per heavy atom. The van der Waals surface area contributed by atoms with Crippen molar-refractivity contribution in [1.82, 2.24) is 0 Å². The number of halogens is 1. The molecule has 0 amide bonds. The maximum absolute atomic E-state index is 12.2. The van der Waals surface area contributed by atoms with E-state index >= 15 is 0 Å². The Morgan fingerprint density at radius 2 is 1.89 bits per heavy atom. The summed E-state index contributed by atoms with van der Waals surface area (Å²) in [5.74, 6) is 0. The van der Waals surface area contributed by atoms with Crippen LogP contribution in [0.2, 0.25) is 0 Å². The van der Waals surface area contributed by atoms with E-state index in [9.17, 15) is 8.42 Å². The van der Waals surface area contributed by atoms with Crippen LogP contribution in [-0.4, -0.2) is 24.9 Å². The van der Waals surface area contributed by atoms with E-state index < -0.39 is 19.8 Å². The highest BCUT2D eigenvalue weighted by molar-refractivity contribution is 7.93. The SMILES string of the molecule is CCCCC(CNc1ccccc1)S(=O)(=O)C(C)Cl. The third-order valence-electron chi connectivity index (χ3n) is 3.10. The Hall–Kier alpha value is -0.740.